The molecule has 0 atom stereocenters. The van der Waals surface area contributed by atoms with Crippen LogP contribution < -0.4 is 10.6 Å². The highest BCUT2D eigenvalue weighted by Gasteiger charge is 2.09. The molecular formula is C14H16N6OS. The van der Waals surface area contributed by atoms with E-state index in [1.165, 1.54) is 4.88 Å². The number of aromatic nitrogens is 4. The van der Waals surface area contributed by atoms with E-state index in [4.69, 9.17) is 0 Å². The Bertz CT molecular complexity index is 809. The fraction of sp³-hybridized carbons (Fsp3) is 0.286. The maximum Gasteiger partial charge on any atom is 0.241 e. The molecule has 1 amide bonds. The minimum Gasteiger partial charge on any atom is -0.358 e. The van der Waals surface area contributed by atoms with Crippen LogP contribution in [0.3, 0.4) is 0 Å². The van der Waals surface area contributed by atoms with Gasteiger partial charge >= 0.3 is 0 Å². The molecule has 7 nitrogen and oxygen atoms in total. The van der Waals surface area contributed by atoms with Gasteiger partial charge in [-0.3, -0.25) is 9.48 Å². The third-order valence-corrected chi connectivity index (χ3v) is 4.40. The molecule has 0 fully saturated rings. The number of carbonyl (C=O) groups excluding carboxylic acids is 1. The van der Waals surface area contributed by atoms with Gasteiger partial charge in [-0.15, -0.1) is 11.3 Å². The van der Waals surface area contributed by atoms with Crippen molar-refractivity contribution in [2.45, 2.75) is 19.9 Å². The molecule has 0 aliphatic heterocycles. The first-order valence-electron chi connectivity index (χ1n) is 6.93. The minimum atomic E-state index is -0.0931. The number of hydrogen-bond acceptors (Lipinski definition) is 6. The van der Waals surface area contributed by atoms with Crippen molar-refractivity contribution in [1.82, 2.24) is 25.1 Å². The number of carbonyl (C=O) groups is 1. The third-order valence-electron chi connectivity index (χ3n) is 3.21. The number of fused-ring (bicyclic) bond motifs is 1. The summed E-state index contributed by atoms with van der Waals surface area (Å²) in [6, 6.07) is 2.11. The number of nitrogens with one attached hydrogen (secondary N) is 2. The van der Waals surface area contributed by atoms with E-state index < -0.39 is 0 Å². The molecule has 3 aromatic heterocycles. The lowest BCUT2D eigenvalue weighted by Crippen LogP contribution is -2.23. The van der Waals surface area contributed by atoms with Gasteiger partial charge in [0.05, 0.1) is 17.3 Å². The van der Waals surface area contributed by atoms with Crippen LogP contribution in [-0.4, -0.2) is 32.7 Å². The molecule has 0 unspecified atom stereocenters. The topological polar surface area (TPSA) is 84.7 Å². The summed E-state index contributed by atoms with van der Waals surface area (Å²) in [6.45, 7) is 2.31. The predicted octanol–water partition coefficient (Wildman–Crippen LogP) is 1.94. The highest BCUT2D eigenvalue weighted by Crippen LogP contribution is 2.29. The van der Waals surface area contributed by atoms with Crippen molar-refractivity contribution in [3.05, 3.63) is 29.7 Å². The molecule has 3 aromatic rings. The number of thiophene rings is 1. The summed E-state index contributed by atoms with van der Waals surface area (Å²) in [5.74, 6) is 0.657. The maximum absolute atomic E-state index is 11.3. The van der Waals surface area contributed by atoms with Gasteiger partial charge in [0.2, 0.25) is 5.91 Å². The molecule has 114 valence electrons. The van der Waals surface area contributed by atoms with E-state index in [0.717, 1.165) is 28.1 Å². The molecule has 2 N–H and O–H groups in total. The van der Waals surface area contributed by atoms with Crippen LogP contribution in [0, 0.1) is 0 Å². The molecule has 0 spiro atoms. The van der Waals surface area contributed by atoms with Gasteiger partial charge in [0.15, 0.2) is 0 Å². The van der Waals surface area contributed by atoms with Gasteiger partial charge in [-0.2, -0.15) is 5.10 Å². The molecule has 3 rings (SSSR count). The lowest BCUT2D eigenvalue weighted by Gasteiger charge is -2.03. The largest absolute Gasteiger partial charge is 0.358 e. The minimum absolute atomic E-state index is 0.0931. The smallest absolute Gasteiger partial charge is 0.241 e. The van der Waals surface area contributed by atoms with E-state index in [0.29, 0.717) is 0 Å². The van der Waals surface area contributed by atoms with E-state index in [1.54, 1.807) is 41.8 Å². The number of rotatable bonds is 5. The average molecular weight is 316 g/mol. The highest BCUT2D eigenvalue weighted by atomic mass is 32.1. The van der Waals surface area contributed by atoms with Gasteiger partial charge in [0, 0.05) is 18.1 Å². The maximum atomic E-state index is 11.3. The second kappa shape index (κ2) is 6.10. The molecule has 3 heterocycles. The van der Waals surface area contributed by atoms with Crippen LogP contribution in [0.1, 0.15) is 11.8 Å². The zero-order chi connectivity index (χ0) is 15.5. The first kappa shape index (κ1) is 14.5. The first-order chi connectivity index (χ1) is 10.7. The molecule has 0 aliphatic rings. The number of aryl methyl sites for hydroxylation is 1. The van der Waals surface area contributed by atoms with Crippen LogP contribution in [0.4, 0.5) is 11.5 Å². The Hall–Kier alpha value is -2.48. The summed E-state index contributed by atoms with van der Waals surface area (Å²) >= 11 is 1.67. The summed E-state index contributed by atoms with van der Waals surface area (Å²) in [5, 5.41) is 11.0. The van der Waals surface area contributed by atoms with Crippen LogP contribution in [0.2, 0.25) is 0 Å². The second-order valence-corrected chi connectivity index (χ2v) is 5.85. The molecule has 0 saturated heterocycles. The SMILES string of the molecule is CCc1cc2c(Nc3cnn(CC(=O)NC)c3)ncnc2s1. The van der Waals surface area contributed by atoms with Crippen LogP contribution >= 0.6 is 11.3 Å². The van der Waals surface area contributed by atoms with Crippen molar-refractivity contribution < 1.29 is 4.79 Å². The van der Waals surface area contributed by atoms with Crippen molar-refractivity contribution in [2.75, 3.05) is 12.4 Å². The zero-order valence-electron chi connectivity index (χ0n) is 12.3. The van der Waals surface area contributed by atoms with Crippen LogP contribution in [0.15, 0.2) is 24.8 Å². The van der Waals surface area contributed by atoms with Gasteiger partial charge in [0.25, 0.3) is 0 Å². The Morgan fingerprint density at radius 1 is 1.41 bits per heavy atom. The fourth-order valence-electron chi connectivity index (χ4n) is 2.06. The van der Waals surface area contributed by atoms with E-state index in [1.807, 2.05) is 0 Å². The monoisotopic (exact) mass is 316 g/mol. The van der Waals surface area contributed by atoms with Crippen molar-refractivity contribution in [3.63, 3.8) is 0 Å². The number of hydrogen-bond donors (Lipinski definition) is 2. The third kappa shape index (κ3) is 2.91. The molecule has 0 saturated carbocycles. The Morgan fingerprint density at radius 2 is 2.27 bits per heavy atom. The predicted molar refractivity (Wildman–Crippen MR) is 86.4 cm³/mol. The molecule has 0 radical (unpaired) electrons. The van der Waals surface area contributed by atoms with Crippen molar-refractivity contribution in [2.24, 2.45) is 0 Å². The van der Waals surface area contributed by atoms with Gasteiger partial charge in [-0.05, 0) is 12.5 Å². The number of anilines is 2. The normalized spacial score (nSPS) is 10.8. The van der Waals surface area contributed by atoms with E-state index >= 15 is 0 Å². The Morgan fingerprint density at radius 3 is 3.05 bits per heavy atom. The summed E-state index contributed by atoms with van der Waals surface area (Å²) in [6.07, 6.45) is 5.97. The van der Waals surface area contributed by atoms with Crippen molar-refractivity contribution in [3.8, 4) is 0 Å². The average Bonchev–Trinajstić information content (AvgIpc) is 3.14. The number of amides is 1. The first-order valence-corrected chi connectivity index (χ1v) is 7.74. The van der Waals surface area contributed by atoms with Crippen molar-refractivity contribution >= 4 is 39.0 Å². The number of nitrogens with zero attached hydrogens (tertiary/aromatic N) is 4. The summed E-state index contributed by atoms with van der Waals surface area (Å²) in [5.41, 5.74) is 0.785. The molecule has 0 bridgehead atoms. The summed E-state index contributed by atoms with van der Waals surface area (Å²) in [7, 11) is 1.60. The molecule has 22 heavy (non-hydrogen) atoms. The zero-order valence-corrected chi connectivity index (χ0v) is 13.1. The Kier molecular flexibility index (Phi) is 4.01. The number of likely N-dealkylation sites (N-methyl/N-ethyl adjacent to an activating group) is 1. The standard InChI is InChI=1S/C14H16N6OS/c1-3-10-4-11-13(16-8-17-14(11)22-10)19-9-5-18-20(6-9)7-12(21)15-2/h4-6,8H,3,7H2,1-2H3,(H,15,21)(H,16,17,19). The van der Waals surface area contributed by atoms with Crippen LogP contribution in [0.5, 0.6) is 0 Å². The molecule has 8 heteroatoms. The summed E-state index contributed by atoms with van der Waals surface area (Å²) < 4.78 is 1.57. The van der Waals surface area contributed by atoms with Gasteiger partial charge < -0.3 is 10.6 Å². The lowest BCUT2D eigenvalue weighted by molar-refractivity contribution is -0.121. The quantitative estimate of drug-likeness (QED) is 0.751. The molecular weight excluding hydrogens is 300 g/mol. The van der Waals surface area contributed by atoms with E-state index in [2.05, 4.69) is 38.7 Å². The van der Waals surface area contributed by atoms with Gasteiger partial charge in [0.1, 0.15) is 23.5 Å². The van der Waals surface area contributed by atoms with Crippen LogP contribution in [-0.2, 0) is 17.8 Å². The molecule has 0 aromatic carbocycles. The van der Waals surface area contributed by atoms with E-state index in [9.17, 15) is 4.79 Å². The van der Waals surface area contributed by atoms with Gasteiger partial charge in [-0.1, -0.05) is 6.92 Å². The van der Waals surface area contributed by atoms with E-state index in [-0.39, 0.29) is 12.5 Å². The fourth-order valence-corrected chi connectivity index (χ4v) is 2.99. The Balaban J connectivity index is 1.84. The lowest BCUT2D eigenvalue weighted by atomic mass is 10.3. The van der Waals surface area contributed by atoms with Gasteiger partial charge in [-0.25, -0.2) is 9.97 Å². The van der Waals surface area contributed by atoms with Crippen LogP contribution in [0.25, 0.3) is 10.2 Å². The summed E-state index contributed by atoms with van der Waals surface area (Å²) in [4.78, 5) is 22.2. The molecule has 0 aliphatic carbocycles. The Labute approximate surface area is 131 Å². The highest BCUT2D eigenvalue weighted by molar-refractivity contribution is 7.18. The van der Waals surface area contributed by atoms with Crippen molar-refractivity contribution in [1.29, 1.82) is 0 Å². The second-order valence-electron chi connectivity index (χ2n) is 4.73.